The average molecular weight is 409 g/mol. The van der Waals surface area contributed by atoms with Crippen molar-refractivity contribution in [2.45, 2.75) is 25.5 Å². The Labute approximate surface area is 174 Å². The third kappa shape index (κ3) is 3.59. The van der Waals surface area contributed by atoms with Crippen LogP contribution >= 0.6 is 0 Å². The smallest absolute Gasteiger partial charge is 0.310 e. The molecule has 0 saturated carbocycles. The van der Waals surface area contributed by atoms with Crippen LogP contribution in [-0.2, 0) is 19.1 Å². The van der Waals surface area contributed by atoms with Gasteiger partial charge >= 0.3 is 5.97 Å². The van der Waals surface area contributed by atoms with E-state index in [1.54, 1.807) is 61.5 Å². The van der Waals surface area contributed by atoms with Gasteiger partial charge in [0.05, 0.1) is 25.5 Å². The molecule has 0 radical (unpaired) electrons. The number of rotatable bonds is 7. The number of carbonyl (C=O) groups is 3. The molecule has 2 aromatic rings. The van der Waals surface area contributed by atoms with Gasteiger partial charge < -0.3 is 19.5 Å². The fraction of sp³-hybridized carbons (Fsp3) is 0.261. The van der Waals surface area contributed by atoms with E-state index in [-0.39, 0.29) is 17.7 Å². The summed E-state index contributed by atoms with van der Waals surface area (Å²) in [6.45, 7) is 1.64. The molecule has 156 valence electrons. The summed E-state index contributed by atoms with van der Waals surface area (Å²) >= 11 is 0. The number of esters is 1. The maximum atomic E-state index is 13.4. The molecule has 1 aliphatic heterocycles. The minimum atomic E-state index is -2.30. The van der Waals surface area contributed by atoms with E-state index in [9.17, 15) is 19.5 Å². The number of hydrogen-bond donors (Lipinski definition) is 1. The van der Waals surface area contributed by atoms with Crippen LogP contribution in [0.15, 0.2) is 60.2 Å². The second-order valence-corrected chi connectivity index (χ2v) is 6.80. The first-order chi connectivity index (χ1) is 14.4. The van der Waals surface area contributed by atoms with Gasteiger partial charge in [-0.05, 0) is 29.8 Å². The zero-order valence-electron chi connectivity index (χ0n) is 17.0. The maximum absolute atomic E-state index is 13.4. The van der Waals surface area contributed by atoms with Crippen LogP contribution in [0.1, 0.15) is 25.3 Å². The Morgan fingerprint density at radius 3 is 2.20 bits per heavy atom. The summed E-state index contributed by atoms with van der Waals surface area (Å²) < 4.78 is 9.90. The summed E-state index contributed by atoms with van der Waals surface area (Å²) in [7, 11) is 2.70. The quantitative estimate of drug-likeness (QED) is 0.555. The van der Waals surface area contributed by atoms with Crippen molar-refractivity contribution in [3.8, 4) is 5.75 Å². The molecule has 30 heavy (non-hydrogen) atoms. The van der Waals surface area contributed by atoms with Crippen molar-refractivity contribution >= 4 is 28.9 Å². The van der Waals surface area contributed by atoms with E-state index in [0.29, 0.717) is 17.0 Å². The predicted molar refractivity (Wildman–Crippen MR) is 111 cm³/mol. The molecule has 0 spiro atoms. The van der Waals surface area contributed by atoms with Crippen molar-refractivity contribution in [2.24, 2.45) is 0 Å². The van der Waals surface area contributed by atoms with E-state index in [0.717, 1.165) is 0 Å². The van der Waals surface area contributed by atoms with Gasteiger partial charge in [0, 0.05) is 12.1 Å². The Kier molecular flexibility index (Phi) is 6.03. The molecule has 2 aromatic carbocycles. The molecule has 0 bridgehead atoms. The Morgan fingerprint density at radius 1 is 1.03 bits per heavy atom. The van der Waals surface area contributed by atoms with Gasteiger partial charge in [0.15, 0.2) is 5.78 Å². The van der Waals surface area contributed by atoms with Gasteiger partial charge in [0.2, 0.25) is 11.5 Å². The lowest BCUT2D eigenvalue weighted by Crippen LogP contribution is -2.51. The SMILES string of the molecule is CCC(=O)C1=C(c2ccccc2)N(c2ccc(OC)cc2)C(O)(CC(=O)OC)C1=O. The van der Waals surface area contributed by atoms with Crippen LogP contribution in [0.2, 0.25) is 0 Å². The van der Waals surface area contributed by atoms with Crippen molar-refractivity contribution < 1.29 is 29.0 Å². The van der Waals surface area contributed by atoms with Gasteiger partial charge in [0.25, 0.3) is 0 Å². The Hall–Kier alpha value is -3.45. The number of ether oxygens (including phenoxy) is 2. The van der Waals surface area contributed by atoms with Crippen molar-refractivity contribution in [1.29, 1.82) is 0 Å². The minimum Gasteiger partial charge on any atom is -0.497 e. The summed E-state index contributed by atoms with van der Waals surface area (Å²) in [5.41, 5.74) is -1.19. The highest BCUT2D eigenvalue weighted by Gasteiger charge is 2.55. The van der Waals surface area contributed by atoms with Crippen LogP contribution < -0.4 is 9.64 Å². The molecular formula is C23H23NO6. The number of aliphatic hydroxyl groups is 1. The Bertz CT molecular complexity index is 996. The summed E-state index contributed by atoms with van der Waals surface area (Å²) in [5, 5.41) is 11.5. The molecule has 0 fully saturated rings. The molecule has 1 N–H and O–H groups in total. The first kappa shape index (κ1) is 21.3. The van der Waals surface area contributed by atoms with Gasteiger partial charge in [-0.1, -0.05) is 37.3 Å². The molecule has 1 unspecified atom stereocenters. The molecule has 1 aliphatic rings. The lowest BCUT2D eigenvalue weighted by Gasteiger charge is -2.35. The van der Waals surface area contributed by atoms with Crippen LogP contribution in [0.25, 0.3) is 5.70 Å². The molecule has 1 heterocycles. The Morgan fingerprint density at radius 2 is 1.67 bits per heavy atom. The summed E-state index contributed by atoms with van der Waals surface area (Å²) in [4.78, 5) is 39.6. The van der Waals surface area contributed by atoms with Gasteiger partial charge in [-0.3, -0.25) is 14.4 Å². The van der Waals surface area contributed by atoms with E-state index in [1.165, 1.54) is 19.1 Å². The van der Waals surface area contributed by atoms with Crippen molar-refractivity contribution in [1.82, 2.24) is 0 Å². The van der Waals surface area contributed by atoms with E-state index < -0.39 is 29.7 Å². The van der Waals surface area contributed by atoms with Crippen LogP contribution in [0.4, 0.5) is 5.69 Å². The minimum absolute atomic E-state index is 0.0716. The highest BCUT2D eigenvalue weighted by molar-refractivity contribution is 6.33. The highest BCUT2D eigenvalue weighted by Crippen LogP contribution is 2.44. The molecule has 0 aliphatic carbocycles. The lowest BCUT2D eigenvalue weighted by atomic mass is 9.96. The van der Waals surface area contributed by atoms with E-state index in [4.69, 9.17) is 9.47 Å². The van der Waals surface area contributed by atoms with Crippen molar-refractivity contribution in [3.63, 3.8) is 0 Å². The molecule has 3 rings (SSSR count). The fourth-order valence-electron chi connectivity index (χ4n) is 3.52. The highest BCUT2D eigenvalue weighted by atomic mass is 16.5. The molecule has 7 nitrogen and oxygen atoms in total. The second kappa shape index (κ2) is 8.51. The normalized spacial score (nSPS) is 18.5. The van der Waals surface area contributed by atoms with Crippen molar-refractivity contribution in [3.05, 3.63) is 65.7 Å². The first-order valence-corrected chi connectivity index (χ1v) is 9.48. The molecule has 1 atom stereocenters. The van der Waals surface area contributed by atoms with Crippen molar-refractivity contribution in [2.75, 3.05) is 19.1 Å². The monoisotopic (exact) mass is 409 g/mol. The number of ketones is 2. The largest absolute Gasteiger partial charge is 0.497 e. The van der Waals surface area contributed by atoms with Gasteiger partial charge in [-0.2, -0.15) is 0 Å². The van der Waals surface area contributed by atoms with E-state index >= 15 is 0 Å². The zero-order valence-corrected chi connectivity index (χ0v) is 17.0. The molecule has 0 aromatic heterocycles. The summed E-state index contributed by atoms with van der Waals surface area (Å²) in [6.07, 6.45) is -0.562. The third-order valence-electron chi connectivity index (χ3n) is 5.02. The Balaban J connectivity index is 2.29. The van der Waals surface area contributed by atoms with Gasteiger partial charge in [-0.15, -0.1) is 0 Å². The fourth-order valence-corrected chi connectivity index (χ4v) is 3.52. The maximum Gasteiger partial charge on any atom is 0.310 e. The molecule has 0 saturated heterocycles. The molecule has 0 amide bonds. The topological polar surface area (TPSA) is 93.1 Å². The van der Waals surface area contributed by atoms with Gasteiger partial charge in [0.1, 0.15) is 12.2 Å². The predicted octanol–water partition coefficient (Wildman–Crippen LogP) is 2.73. The van der Waals surface area contributed by atoms with Crippen LogP contribution in [0.3, 0.4) is 0 Å². The summed E-state index contributed by atoms with van der Waals surface area (Å²) in [6, 6.07) is 15.5. The van der Waals surface area contributed by atoms with Crippen LogP contribution in [0.5, 0.6) is 5.75 Å². The standard InChI is InChI=1S/C23H23NO6/c1-4-18(25)20-21(15-8-6-5-7-9-15)24(16-10-12-17(29-2)13-11-16)23(28,22(20)27)14-19(26)30-3/h5-13,28H,4,14H2,1-3H3. The van der Waals surface area contributed by atoms with Gasteiger partial charge in [-0.25, -0.2) is 0 Å². The zero-order chi connectivity index (χ0) is 21.9. The van der Waals surface area contributed by atoms with E-state index in [2.05, 4.69) is 0 Å². The summed E-state index contributed by atoms with van der Waals surface area (Å²) in [5.74, 6) is -1.44. The third-order valence-corrected chi connectivity index (χ3v) is 5.02. The number of methoxy groups -OCH3 is 2. The number of hydrogen-bond acceptors (Lipinski definition) is 7. The second-order valence-electron chi connectivity index (χ2n) is 6.80. The number of Topliss-reactive ketones (excluding diaryl/α,β-unsaturated/α-hetero) is 2. The molecular weight excluding hydrogens is 386 g/mol. The number of benzene rings is 2. The number of nitrogens with zero attached hydrogens (tertiary/aromatic N) is 1. The van der Waals surface area contributed by atoms with E-state index in [1.807, 2.05) is 0 Å². The van der Waals surface area contributed by atoms with Crippen LogP contribution in [-0.4, -0.2) is 42.6 Å². The van der Waals surface area contributed by atoms with Crippen LogP contribution in [0, 0.1) is 0 Å². The average Bonchev–Trinajstić information content (AvgIpc) is 3.00. The molecule has 7 heteroatoms. The first-order valence-electron chi connectivity index (χ1n) is 9.48. The number of carbonyl (C=O) groups excluding carboxylic acids is 3. The lowest BCUT2D eigenvalue weighted by molar-refractivity contribution is -0.151. The number of anilines is 1.